The van der Waals surface area contributed by atoms with Crippen molar-refractivity contribution in [3.8, 4) is 17.3 Å². The number of aromatic nitrogens is 1. The molecule has 1 N–H and O–H groups in total. The molecule has 0 aliphatic carbocycles. The third-order valence-corrected chi connectivity index (χ3v) is 3.44. The maximum atomic E-state index is 9.01. The van der Waals surface area contributed by atoms with Crippen LogP contribution >= 0.6 is 0 Å². The van der Waals surface area contributed by atoms with Gasteiger partial charge in [-0.2, -0.15) is 5.26 Å². The van der Waals surface area contributed by atoms with Crippen molar-refractivity contribution in [2.75, 3.05) is 0 Å². The maximum Gasteiger partial charge on any atom is 0.101 e. The summed E-state index contributed by atoms with van der Waals surface area (Å²) in [4.78, 5) is 3.27. The topological polar surface area (TPSA) is 39.6 Å². The number of nitrogens with zero attached hydrogens (tertiary/aromatic N) is 1. The number of nitrogens with one attached hydrogen (secondary N) is 1. The summed E-state index contributed by atoms with van der Waals surface area (Å²) in [5.74, 6) is 0. The van der Waals surface area contributed by atoms with Gasteiger partial charge in [-0.25, -0.2) is 0 Å². The fourth-order valence-electron chi connectivity index (χ4n) is 2.36. The van der Waals surface area contributed by atoms with E-state index in [-0.39, 0.29) is 0 Å². The van der Waals surface area contributed by atoms with Crippen molar-refractivity contribution in [3.63, 3.8) is 0 Å². The summed E-state index contributed by atoms with van der Waals surface area (Å²) >= 11 is 0. The predicted octanol–water partition coefficient (Wildman–Crippen LogP) is 4.32. The lowest BCUT2D eigenvalue weighted by Crippen LogP contribution is -1.80. The van der Waals surface area contributed by atoms with Gasteiger partial charge in [-0.15, -0.1) is 0 Å². The average Bonchev–Trinajstić information content (AvgIpc) is 2.79. The molecule has 1 aromatic heterocycles. The van der Waals surface area contributed by atoms with Crippen molar-refractivity contribution < 1.29 is 0 Å². The highest BCUT2D eigenvalue weighted by molar-refractivity contribution is 5.87. The summed E-state index contributed by atoms with van der Waals surface area (Å²) in [5, 5.41) is 11.5. The number of fused-ring (bicyclic) bond motifs is 1. The quantitative estimate of drug-likeness (QED) is 0.682. The van der Waals surface area contributed by atoms with Gasteiger partial charge in [0.25, 0.3) is 0 Å². The molecule has 3 rings (SSSR count). The van der Waals surface area contributed by atoms with Gasteiger partial charge in [0.05, 0.1) is 5.56 Å². The first-order valence-corrected chi connectivity index (χ1v) is 6.28. The molecular formula is C17H14N2. The van der Waals surface area contributed by atoms with Gasteiger partial charge >= 0.3 is 0 Å². The van der Waals surface area contributed by atoms with Crippen LogP contribution in [0.5, 0.6) is 0 Å². The van der Waals surface area contributed by atoms with Gasteiger partial charge in [-0.05, 0) is 42.3 Å². The minimum atomic E-state index is 0.707. The van der Waals surface area contributed by atoms with Crippen LogP contribution in [-0.2, 0) is 0 Å². The molecule has 0 saturated carbocycles. The lowest BCUT2D eigenvalue weighted by molar-refractivity contribution is 1.25. The van der Waals surface area contributed by atoms with Crippen LogP contribution in [0, 0.1) is 25.2 Å². The zero-order chi connectivity index (χ0) is 13.4. The van der Waals surface area contributed by atoms with E-state index in [9.17, 15) is 0 Å². The molecule has 0 radical (unpaired) electrons. The van der Waals surface area contributed by atoms with Gasteiger partial charge in [0.15, 0.2) is 0 Å². The van der Waals surface area contributed by atoms with E-state index in [1.54, 1.807) is 0 Å². The predicted molar refractivity (Wildman–Crippen MR) is 77.9 cm³/mol. The van der Waals surface area contributed by atoms with Crippen LogP contribution in [0.4, 0.5) is 0 Å². The summed E-state index contributed by atoms with van der Waals surface area (Å²) in [6, 6.07) is 16.9. The number of rotatable bonds is 1. The number of aromatic amines is 1. The van der Waals surface area contributed by atoms with Crippen LogP contribution in [0.2, 0.25) is 0 Å². The van der Waals surface area contributed by atoms with Crippen LogP contribution in [0.1, 0.15) is 16.8 Å². The average molecular weight is 246 g/mol. The first kappa shape index (κ1) is 11.6. The van der Waals surface area contributed by atoms with E-state index in [1.807, 2.05) is 13.0 Å². The molecule has 0 atom stereocenters. The molecule has 0 unspecified atom stereocenters. The molecule has 0 spiro atoms. The molecular weight excluding hydrogens is 232 g/mol. The van der Waals surface area contributed by atoms with Gasteiger partial charge in [-0.1, -0.05) is 35.9 Å². The largest absolute Gasteiger partial charge is 0.358 e. The molecule has 0 aliphatic rings. The number of aryl methyl sites for hydroxylation is 2. The van der Waals surface area contributed by atoms with Gasteiger partial charge < -0.3 is 4.98 Å². The number of hydrogen-bond donors (Lipinski definition) is 1. The Labute approximate surface area is 112 Å². The summed E-state index contributed by atoms with van der Waals surface area (Å²) in [6.45, 7) is 4.02. The molecule has 3 aromatic rings. The highest BCUT2D eigenvalue weighted by Gasteiger charge is 2.06. The van der Waals surface area contributed by atoms with Crippen LogP contribution in [0.3, 0.4) is 0 Å². The summed E-state index contributed by atoms with van der Waals surface area (Å²) in [6.07, 6.45) is 0. The smallest absolute Gasteiger partial charge is 0.101 e. The van der Waals surface area contributed by atoms with E-state index in [0.29, 0.717) is 5.56 Å². The van der Waals surface area contributed by atoms with Crippen molar-refractivity contribution in [3.05, 3.63) is 59.3 Å². The maximum absolute atomic E-state index is 9.01. The minimum Gasteiger partial charge on any atom is -0.358 e. The van der Waals surface area contributed by atoms with E-state index in [2.05, 4.69) is 54.4 Å². The Balaban J connectivity index is 2.15. The Kier molecular flexibility index (Phi) is 2.61. The van der Waals surface area contributed by atoms with E-state index in [4.69, 9.17) is 5.26 Å². The Morgan fingerprint density at radius 2 is 1.68 bits per heavy atom. The second kappa shape index (κ2) is 4.29. The van der Waals surface area contributed by atoms with Crippen LogP contribution in [0.25, 0.3) is 22.0 Å². The highest BCUT2D eigenvalue weighted by atomic mass is 14.7. The number of benzene rings is 2. The molecule has 2 aromatic carbocycles. The minimum absolute atomic E-state index is 0.707. The third kappa shape index (κ3) is 2.00. The van der Waals surface area contributed by atoms with Crippen LogP contribution in [-0.4, -0.2) is 4.98 Å². The van der Waals surface area contributed by atoms with E-state index >= 15 is 0 Å². The zero-order valence-electron chi connectivity index (χ0n) is 11.0. The fraction of sp³-hybridized carbons (Fsp3) is 0.118. The van der Waals surface area contributed by atoms with Crippen LogP contribution in [0.15, 0.2) is 42.5 Å². The van der Waals surface area contributed by atoms with Crippen LogP contribution < -0.4 is 0 Å². The SMILES string of the molecule is Cc1ccc2cc(-c3cc(C#N)c(C)[nH]3)ccc2c1. The number of H-pyrrole nitrogens is 1. The van der Waals surface area contributed by atoms with Gasteiger partial charge in [0.1, 0.15) is 6.07 Å². The number of hydrogen-bond acceptors (Lipinski definition) is 1. The van der Waals surface area contributed by atoms with E-state index < -0.39 is 0 Å². The van der Waals surface area contributed by atoms with Gasteiger partial charge in [-0.3, -0.25) is 0 Å². The Bertz CT molecular complexity index is 804. The lowest BCUT2D eigenvalue weighted by atomic mass is 10.0. The third-order valence-electron chi connectivity index (χ3n) is 3.44. The standard InChI is InChI=1S/C17H14N2/c1-11-3-4-14-8-15(6-5-13(14)7-11)17-9-16(10-18)12(2)19-17/h3-9,19H,1-2H3. The molecule has 0 bridgehead atoms. The molecule has 2 nitrogen and oxygen atoms in total. The lowest BCUT2D eigenvalue weighted by Gasteiger charge is -2.03. The van der Waals surface area contributed by atoms with Crippen molar-refractivity contribution in [1.82, 2.24) is 4.98 Å². The molecule has 1 heterocycles. The molecule has 0 aliphatic heterocycles. The first-order valence-electron chi connectivity index (χ1n) is 6.28. The van der Waals surface area contributed by atoms with E-state index in [0.717, 1.165) is 17.0 Å². The second-order valence-corrected chi connectivity index (χ2v) is 4.90. The Hall–Kier alpha value is -2.53. The molecule has 2 heteroatoms. The van der Waals surface area contributed by atoms with Crippen molar-refractivity contribution in [2.45, 2.75) is 13.8 Å². The van der Waals surface area contributed by atoms with Gasteiger partial charge in [0, 0.05) is 11.4 Å². The van der Waals surface area contributed by atoms with Crippen molar-refractivity contribution in [2.24, 2.45) is 0 Å². The normalized spacial score (nSPS) is 10.6. The molecule has 0 saturated heterocycles. The molecule has 0 amide bonds. The van der Waals surface area contributed by atoms with E-state index in [1.165, 1.54) is 16.3 Å². The monoisotopic (exact) mass is 246 g/mol. The Morgan fingerprint density at radius 1 is 0.947 bits per heavy atom. The Morgan fingerprint density at radius 3 is 2.42 bits per heavy atom. The fourth-order valence-corrected chi connectivity index (χ4v) is 2.36. The van der Waals surface area contributed by atoms with Crippen molar-refractivity contribution >= 4 is 10.8 Å². The van der Waals surface area contributed by atoms with Gasteiger partial charge in [0.2, 0.25) is 0 Å². The summed E-state index contributed by atoms with van der Waals surface area (Å²) in [5.41, 5.74) is 5.00. The number of nitriles is 1. The molecule has 0 fully saturated rings. The summed E-state index contributed by atoms with van der Waals surface area (Å²) in [7, 11) is 0. The first-order chi connectivity index (χ1) is 9.17. The molecule has 92 valence electrons. The van der Waals surface area contributed by atoms with Crippen molar-refractivity contribution in [1.29, 1.82) is 5.26 Å². The zero-order valence-corrected chi connectivity index (χ0v) is 11.0. The second-order valence-electron chi connectivity index (χ2n) is 4.90. The summed E-state index contributed by atoms with van der Waals surface area (Å²) < 4.78 is 0. The molecule has 19 heavy (non-hydrogen) atoms. The highest BCUT2D eigenvalue weighted by Crippen LogP contribution is 2.26.